The Labute approximate surface area is 374 Å². The number of hydrogen-bond acceptors (Lipinski definition) is 0. The van der Waals surface area contributed by atoms with Gasteiger partial charge in [0.1, 0.15) is 0 Å². The zero-order chi connectivity index (χ0) is 43.2. The second-order valence-corrected chi connectivity index (χ2v) is 19.5. The van der Waals surface area contributed by atoms with Crippen LogP contribution >= 0.6 is 0 Å². The van der Waals surface area contributed by atoms with Crippen molar-refractivity contribution in [2.24, 2.45) is 0 Å². The molecular weight excluding hydrogens is 773 g/mol. The molecule has 0 spiro atoms. The van der Waals surface area contributed by atoms with Gasteiger partial charge in [0.2, 0.25) is 0 Å². The lowest BCUT2D eigenvalue weighted by atomic mass is 9.79. The van der Waals surface area contributed by atoms with E-state index in [1.165, 1.54) is 133 Å². The van der Waals surface area contributed by atoms with E-state index in [0.29, 0.717) is 0 Å². The second-order valence-electron chi connectivity index (χ2n) is 19.5. The number of aromatic nitrogens is 2. The summed E-state index contributed by atoms with van der Waals surface area (Å²) >= 11 is 0. The Morgan fingerprint density at radius 2 is 0.688 bits per heavy atom. The predicted octanol–water partition coefficient (Wildman–Crippen LogP) is 16.4. The molecule has 2 heteroatoms. The lowest BCUT2D eigenvalue weighted by molar-refractivity contribution is 0.652. The minimum absolute atomic E-state index is 0.170. The standard InChI is InChI=1S/C62H48N2/c1-37-29-41(39-25-27-47-45-21-13-15-23-55(45)63(57(47)33-39)43-17-9-7-10-18-43)31-53-59(37)49-35-52-50(36-51(49)61(53,3)4)60-38(2)30-42(32-54(60)62(52,5)6)40-26-28-48-46-22-14-16-24-56(46)64(58(48)34-40)44-19-11-8-12-20-44/h7-36H,1-6H3. The van der Waals surface area contributed by atoms with E-state index in [0.717, 1.165) is 0 Å². The molecule has 0 radical (unpaired) electrons. The molecule has 306 valence electrons. The van der Waals surface area contributed by atoms with Crippen LogP contribution in [-0.2, 0) is 10.8 Å². The smallest absolute Gasteiger partial charge is 0.0547 e. The van der Waals surface area contributed by atoms with Crippen molar-refractivity contribution >= 4 is 43.6 Å². The van der Waals surface area contributed by atoms with E-state index in [1.807, 2.05) is 0 Å². The molecule has 0 amide bonds. The zero-order valence-corrected chi connectivity index (χ0v) is 37.2. The van der Waals surface area contributed by atoms with Gasteiger partial charge in [0.05, 0.1) is 22.1 Å². The van der Waals surface area contributed by atoms with Gasteiger partial charge in [-0.2, -0.15) is 0 Å². The highest BCUT2D eigenvalue weighted by molar-refractivity contribution is 6.11. The van der Waals surface area contributed by atoms with E-state index in [4.69, 9.17) is 0 Å². The molecular formula is C62H48N2. The molecule has 0 fully saturated rings. The van der Waals surface area contributed by atoms with Crippen LogP contribution < -0.4 is 0 Å². The van der Waals surface area contributed by atoms with Gasteiger partial charge in [-0.15, -0.1) is 0 Å². The van der Waals surface area contributed by atoms with Crippen molar-refractivity contribution in [3.63, 3.8) is 0 Å². The Hall–Kier alpha value is -7.42. The van der Waals surface area contributed by atoms with Gasteiger partial charge in [-0.1, -0.05) is 137 Å². The summed E-state index contributed by atoms with van der Waals surface area (Å²) in [6, 6.07) is 68.2. The Morgan fingerprint density at radius 3 is 1.11 bits per heavy atom. The highest BCUT2D eigenvalue weighted by atomic mass is 15.0. The van der Waals surface area contributed by atoms with Gasteiger partial charge in [0.15, 0.2) is 0 Å². The summed E-state index contributed by atoms with van der Waals surface area (Å²) in [5.74, 6) is 0. The summed E-state index contributed by atoms with van der Waals surface area (Å²) in [6.07, 6.45) is 0. The Morgan fingerprint density at radius 1 is 0.312 bits per heavy atom. The van der Waals surface area contributed by atoms with Crippen molar-refractivity contribution in [2.45, 2.75) is 52.4 Å². The van der Waals surface area contributed by atoms with Gasteiger partial charge >= 0.3 is 0 Å². The van der Waals surface area contributed by atoms with Crippen LogP contribution in [0.1, 0.15) is 61.1 Å². The summed E-state index contributed by atoms with van der Waals surface area (Å²) in [5, 5.41) is 5.12. The number of nitrogens with zero attached hydrogens (tertiary/aromatic N) is 2. The van der Waals surface area contributed by atoms with Crippen LogP contribution in [0.25, 0.3) is 99.5 Å². The maximum absolute atomic E-state index is 2.57. The van der Waals surface area contributed by atoms with Crippen LogP contribution in [-0.4, -0.2) is 9.13 Å². The first-order valence-electron chi connectivity index (χ1n) is 22.8. The van der Waals surface area contributed by atoms with E-state index in [-0.39, 0.29) is 10.8 Å². The fraction of sp³-hybridized carbons (Fsp3) is 0.129. The summed E-state index contributed by atoms with van der Waals surface area (Å²) in [6.45, 7) is 14.4. The molecule has 0 aliphatic heterocycles. The normalized spacial score (nSPS) is 14.3. The maximum atomic E-state index is 2.57. The highest BCUT2D eigenvalue weighted by Crippen LogP contribution is 2.58. The second kappa shape index (κ2) is 13.1. The van der Waals surface area contributed by atoms with Crippen LogP contribution in [0, 0.1) is 13.8 Å². The van der Waals surface area contributed by atoms with Crippen LogP contribution in [0.5, 0.6) is 0 Å². The molecule has 0 N–H and O–H groups in total. The van der Waals surface area contributed by atoms with Crippen molar-refractivity contribution in [1.29, 1.82) is 0 Å². The molecule has 2 nitrogen and oxygen atoms in total. The van der Waals surface area contributed by atoms with Crippen molar-refractivity contribution in [1.82, 2.24) is 9.13 Å². The van der Waals surface area contributed by atoms with Crippen LogP contribution in [0.4, 0.5) is 0 Å². The lowest BCUT2D eigenvalue weighted by Crippen LogP contribution is -2.17. The van der Waals surface area contributed by atoms with Crippen molar-refractivity contribution in [2.75, 3.05) is 0 Å². The molecule has 2 aliphatic rings. The molecule has 11 aromatic rings. The highest BCUT2D eigenvalue weighted by Gasteiger charge is 2.43. The molecule has 9 aromatic carbocycles. The van der Waals surface area contributed by atoms with Crippen LogP contribution in [0.15, 0.2) is 182 Å². The van der Waals surface area contributed by atoms with Gasteiger partial charge in [0.25, 0.3) is 0 Å². The van der Waals surface area contributed by atoms with E-state index in [2.05, 4.69) is 233 Å². The topological polar surface area (TPSA) is 9.86 Å². The van der Waals surface area contributed by atoms with Gasteiger partial charge in [-0.05, 0) is 165 Å². The van der Waals surface area contributed by atoms with Crippen molar-refractivity contribution < 1.29 is 0 Å². The molecule has 0 bridgehead atoms. The largest absolute Gasteiger partial charge is 0.309 e. The van der Waals surface area contributed by atoms with E-state index < -0.39 is 0 Å². The SMILES string of the molecule is Cc1cc(-c2ccc3c4ccccc4n(-c4ccccc4)c3c2)cc2c1-c1cc3c(cc1C2(C)C)-c1c(C)cc(-c2ccc4c5ccccc5n(-c5ccccc5)c4c2)cc1C3(C)C. The summed E-state index contributed by atoms with van der Waals surface area (Å²) < 4.78 is 4.84. The van der Waals surface area contributed by atoms with E-state index >= 15 is 0 Å². The first kappa shape index (κ1) is 37.2. The van der Waals surface area contributed by atoms with E-state index in [9.17, 15) is 0 Å². The summed E-state index contributed by atoms with van der Waals surface area (Å²) in [5.41, 5.74) is 25.9. The Kier molecular flexibility index (Phi) is 7.59. The molecule has 2 heterocycles. The number of hydrogen-bond donors (Lipinski definition) is 0. The van der Waals surface area contributed by atoms with Crippen molar-refractivity contribution in [3.8, 4) is 55.9 Å². The third kappa shape index (κ3) is 5.03. The zero-order valence-electron chi connectivity index (χ0n) is 37.2. The number of fused-ring (bicyclic) bond motifs is 12. The molecule has 0 saturated heterocycles. The quantitative estimate of drug-likeness (QED) is 0.167. The fourth-order valence-electron chi connectivity index (χ4n) is 12.0. The summed E-state index contributed by atoms with van der Waals surface area (Å²) in [7, 11) is 0. The fourth-order valence-corrected chi connectivity index (χ4v) is 12.0. The minimum Gasteiger partial charge on any atom is -0.309 e. The third-order valence-corrected chi connectivity index (χ3v) is 15.1. The van der Waals surface area contributed by atoms with Gasteiger partial charge < -0.3 is 9.13 Å². The number of para-hydroxylation sites is 4. The van der Waals surface area contributed by atoms with Gasteiger partial charge in [-0.25, -0.2) is 0 Å². The average molecular weight is 821 g/mol. The molecule has 0 saturated carbocycles. The Balaban J connectivity index is 0.920. The minimum atomic E-state index is -0.170. The van der Waals surface area contributed by atoms with Crippen LogP contribution in [0.2, 0.25) is 0 Å². The molecule has 13 rings (SSSR count). The first-order valence-corrected chi connectivity index (χ1v) is 22.8. The Bertz CT molecular complexity index is 3530. The molecule has 0 atom stereocenters. The van der Waals surface area contributed by atoms with Gasteiger partial charge in [0, 0.05) is 43.7 Å². The third-order valence-electron chi connectivity index (χ3n) is 15.1. The number of rotatable bonds is 4. The predicted molar refractivity (Wildman–Crippen MR) is 271 cm³/mol. The maximum Gasteiger partial charge on any atom is 0.0547 e. The van der Waals surface area contributed by atoms with E-state index in [1.54, 1.807) is 0 Å². The molecule has 2 aliphatic carbocycles. The van der Waals surface area contributed by atoms with Gasteiger partial charge in [-0.3, -0.25) is 0 Å². The molecule has 2 aromatic heterocycles. The first-order chi connectivity index (χ1) is 31.1. The molecule has 64 heavy (non-hydrogen) atoms. The number of benzene rings is 9. The van der Waals surface area contributed by atoms with Crippen molar-refractivity contribution in [3.05, 3.63) is 215 Å². The number of aryl methyl sites for hydroxylation is 2. The molecule has 0 unspecified atom stereocenters. The average Bonchev–Trinajstić information content (AvgIpc) is 3.97. The van der Waals surface area contributed by atoms with Crippen LogP contribution in [0.3, 0.4) is 0 Å². The summed E-state index contributed by atoms with van der Waals surface area (Å²) in [4.78, 5) is 0. The monoisotopic (exact) mass is 820 g/mol. The lowest BCUT2D eigenvalue weighted by Gasteiger charge is -2.24.